The van der Waals surface area contributed by atoms with Gasteiger partial charge in [0.15, 0.2) is 0 Å². The van der Waals surface area contributed by atoms with Crippen LogP contribution < -0.4 is 5.73 Å². The second kappa shape index (κ2) is 6.26. The van der Waals surface area contributed by atoms with Crippen molar-refractivity contribution in [3.8, 4) is 0 Å². The van der Waals surface area contributed by atoms with Crippen molar-refractivity contribution in [2.24, 2.45) is 23.0 Å². The maximum Gasteiger partial charge on any atom is 0.126 e. The van der Waals surface area contributed by atoms with Gasteiger partial charge in [-0.05, 0) is 61.0 Å². The van der Waals surface area contributed by atoms with Gasteiger partial charge in [-0.3, -0.25) is 0 Å². The van der Waals surface area contributed by atoms with Crippen LogP contribution in [-0.2, 0) is 6.42 Å². The van der Waals surface area contributed by atoms with Gasteiger partial charge in [0.1, 0.15) is 5.82 Å². The average molecular weight is 277 g/mol. The summed E-state index contributed by atoms with van der Waals surface area (Å²) in [4.78, 5) is 0. The van der Waals surface area contributed by atoms with Gasteiger partial charge in [-0.25, -0.2) is 4.39 Å². The summed E-state index contributed by atoms with van der Waals surface area (Å²) in [6, 6.07) is 7.10. The van der Waals surface area contributed by atoms with Gasteiger partial charge in [0, 0.05) is 6.04 Å². The molecule has 1 fully saturated rings. The van der Waals surface area contributed by atoms with Crippen LogP contribution in [0.3, 0.4) is 0 Å². The summed E-state index contributed by atoms with van der Waals surface area (Å²) in [5.74, 6) is 1.24. The van der Waals surface area contributed by atoms with Gasteiger partial charge in [-0.2, -0.15) is 0 Å². The molecular formula is C18H28FN. The molecule has 1 aliphatic carbocycles. The minimum atomic E-state index is -0.119. The zero-order valence-corrected chi connectivity index (χ0v) is 13.0. The standard InChI is InChI=1S/C18H28FN/c1-18(2,3)15-10-8-13(9-11-15)17(20)12-14-6-4-5-7-16(14)19/h4-7,13,15,17H,8-12,20H2,1-3H3. The summed E-state index contributed by atoms with van der Waals surface area (Å²) in [6.45, 7) is 6.99. The summed E-state index contributed by atoms with van der Waals surface area (Å²) in [6.07, 6.45) is 5.57. The molecule has 1 unspecified atom stereocenters. The molecule has 0 radical (unpaired) electrons. The number of hydrogen-bond donors (Lipinski definition) is 1. The van der Waals surface area contributed by atoms with E-state index in [1.54, 1.807) is 6.07 Å². The zero-order chi connectivity index (χ0) is 14.8. The van der Waals surface area contributed by atoms with Gasteiger partial charge in [0.25, 0.3) is 0 Å². The van der Waals surface area contributed by atoms with E-state index in [1.165, 1.54) is 31.7 Å². The average Bonchev–Trinajstić information content (AvgIpc) is 2.40. The normalized spacial score (nSPS) is 25.4. The number of halogens is 1. The van der Waals surface area contributed by atoms with Crippen LogP contribution in [0.1, 0.15) is 52.0 Å². The minimum absolute atomic E-state index is 0.0906. The van der Waals surface area contributed by atoms with Crippen LogP contribution in [0.2, 0.25) is 0 Å². The highest BCUT2D eigenvalue weighted by Gasteiger charge is 2.31. The Kier molecular flexibility index (Phi) is 4.85. The number of rotatable bonds is 3. The Morgan fingerprint density at radius 1 is 1.15 bits per heavy atom. The molecule has 1 saturated carbocycles. The fraction of sp³-hybridized carbons (Fsp3) is 0.667. The fourth-order valence-electron chi connectivity index (χ4n) is 3.50. The van der Waals surface area contributed by atoms with Gasteiger partial charge in [0.05, 0.1) is 0 Å². The van der Waals surface area contributed by atoms with E-state index in [0.29, 0.717) is 17.8 Å². The third-order valence-electron chi connectivity index (χ3n) is 5.02. The molecule has 2 N–H and O–H groups in total. The molecule has 1 nitrogen and oxygen atoms in total. The van der Waals surface area contributed by atoms with Gasteiger partial charge in [-0.15, -0.1) is 0 Å². The summed E-state index contributed by atoms with van der Waals surface area (Å²) < 4.78 is 13.7. The van der Waals surface area contributed by atoms with E-state index < -0.39 is 0 Å². The van der Waals surface area contributed by atoms with Crippen LogP contribution in [0.15, 0.2) is 24.3 Å². The van der Waals surface area contributed by atoms with Crippen LogP contribution in [0.25, 0.3) is 0 Å². The zero-order valence-electron chi connectivity index (χ0n) is 13.0. The van der Waals surface area contributed by atoms with Gasteiger partial charge < -0.3 is 5.73 Å². The highest BCUT2D eigenvalue weighted by atomic mass is 19.1. The summed E-state index contributed by atoms with van der Waals surface area (Å²) >= 11 is 0. The highest BCUT2D eigenvalue weighted by Crippen LogP contribution is 2.40. The third-order valence-corrected chi connectivity index (χ3v) is 5.02. The molecule has 2 heteroatoms. The first kappa shape index (κ1) is 15.5. The Morgan fingerprint density at radius 3 is 2.30 bits per heavy atom. The lowest BCUT2D eigenvalue weighted by atomic mass is 9.68. The molecule has 0 bridgehead atoms. The van der Waals surface area contributed by atoms with Crippen molar-refractivity contribution in [2.75, 3.05) is 0 Å². The lowest BCUT2D eigenvalue weighted by molar-refractivity contribution is 0.139. The largest absolute Gasteiger partial charge is 0.327 e. The van der Waals surface area contributed by atoms with E-state index in [4.69, 9.17) is 5.73 Å². The maximum atomic E-state index is 13.7. The van der Waals surface area contributed by atoms with Crippen LogP contribution in [0, 0.1) is 23.1 Å². The number of benzene rings is 1. The highest BCUT2D eigenvalue weighted by molar-refractivity contribution is 5.18. The van der Waals surface area contributed by atoms with Crippen LogP contribution in [0.5, 0.6) is 0 Å². The Balaban J connectivity index is 1.89. The lowest BCUT2D eigenvalue weighted by Crippen LogP contribution is -2.37. The molecule has 0 saturated heterocycles. The Labute approximate surface area is 122 Å². The van der Waals surface area contributed by atoms with Gasteiger partial charge in [-0.1, -0.05) is 39.0 Å². The van der Waals surface area contributed by atoms with Crippen molar-refractivity contribution in [3.05, 3.63) is 35.6 Å². The first-order chi connectivity index (χ1) is 9.38. The molecule has 0 heterocycles. The second-order valence-corrected chi connectivity index (χ2v) is 7.44. The minimum Gasteiger partial charge on any atom is -0.327 e. The SMILES string of the molecule is CC(C)(C)C1CCC(C(N)Cc2ccccc2F)CC1. The molecule has 2 rings (SSSR count). The molecule has 20 heavy (non-hydrogen) atoms. The van der Waals surface area contributed by atoms with Crippen molar-refractivity contribution in [3.63, 3.8) is 0 Å². The van der Waals surface area contributed by atoms with Gasteiger partial charge >= 0.3 is 0 Å². The van der Waals surface area contributed by atoms with E-state index in [2.05, 4.69) is 20.8 Å². The first-order valence-corrected chi connectivity index (χ1v) is 7.87. The van der Waals surface area contributed by atoms with Crippen molar-refractivity contribution in [1.29, 1.82) is 0 Å². The topological polar surface area (TPSA) is 26.0 Å². The van der Waals surface area contributed by atoms with E-state index >= 15 is 0 Å². The van der Waals surface area contributed by atoms with Crippen molar-refractivity contribution in [2.45, 2.75) is 58.9 Å². The number of hydrogen-bond acceptors (Lipinski definition) is 1. The smallest absolute Gasteiger partial charge is 0.126 e. The predicted molar refractivity (Wildman–Crippen MR) is 83.0 cm³/mol. The van der Waals surface area contributed by atoms with Crippen molar-refractivity contribution >= 4 is 0 Å². The Morgan fingerprint density at radius 2 is 1.75 bits per heavy atom. The summed E-state index contributed by atoms with van der Waals surface area (Å²) in [5, 5.41) is 0. The fourth-order valence-corrected chi connectivity index (χ4v) is 3.50. The van der Waals surface area contributed by atoms with E-state index in [-0.39, 0.29) is 11.9 Å². The molecule has 0 amide bonds. The third kappa shape index (κ3) is 3.82. The number of nitrogens with two attached hydrogens (primary N) is 1. The molecule has 1 aromatic rings. The molecule has 1 aliphatic rings. The molecule has 1 aromatic carbocycles. The molecule has 0 spiro atoms. The Bertz CT molecular complexity index is 427. The molecule has 0 aromatic heterocycles. The maximum absolute atomic E-state index is 13.7. The molecule has 0 aliphatic heterocycles. The van der Waals surface area contributed by atoms with E-state index in [9.17, 15) is 4.39 Å². The molecule has 1 atom stereocenters. The van der Waals surface area contributed by atoms with E-state index in [0.717, 1.165) is 11.5 Å². The predicted octanol–water partition coefficient (Wildman–Crippen LogP) is 4.55. The van der Waals surface area contributed by atoms with Crippen molar-refractivity contribution in [1.82, 2.24) is 0 Å². The molecular weight excluding hydrogens is 249 g/mol. The van der Waals surface area contributed by atoms with E-state index in [1.807, 2.05) is 12.1 Å². The summed E-state index contributed by atoms with van der Waals surface area (Å²) in [7, 11) is 0. The van der Waals surface area contributed by atoms with Gasteiger partial charge in [0.2, 0.25) is 0 Å². The molecule has 112 valence electrons. The van der Waals surface area contributed by atoms with Crippen LogP contribution in [-0.4, -0.2) is 6.04 Å². The van der Waals surface area contributed by atoms with Crippen LogP contribution >= 0.6 is 0 Å². The van der Waals surface area contributed by atoms with Crippen molar-refractivity contribution < 1.29 is 4.39 Å². The first-order valence-electron chi connectivity index (χ1n) is 7.87. The Hall–Kier alpha value is -0.890. The monoisotopic (exact) mass is 277 g/mol. The second-order valence-electron chi connectivity index (χ2n) is 7.44. The quantitative estimate of drug-likeness (QED) is 0.862. The lowest BCUT2D eigenvalue weighted by Gasteiger charge is -2.38. The van der Waals surface area contributed by atoms with Crippen LogP contribution in [0.4, 0.5) is 4.39 Å². The summed E-state index contributed by atoms with van der Waals surface area (Å²) in [5.41, 5.74) is 7.50.